The van der Waals surface area contributed by atoms with Crippen LogP contribution in [-0.4, -0.2) is 21.2 Å². The number of ketones is 1. The minimum atomic E-state index is -1.90. The minimum Gasteiger partial charge on any atom is -0.541 e. The molecule has 21 heavy (non-hydrogen) atoms. The van der Waals surface area contributed by atoms with Crippen LogP contribution >= 0.6 is 0 Å². The quantitative estimate of drug-likeness (QED) is 0.585. The van der Waals surface area contributed by atoms with E-state index in [1.165, 1.54) is 6.92 Å². The third-order valence-electron chi connectivity index (χ3n) is 3.87. The number of ether oxygens (including phenoxy) is 1. The van der Waals surface area contributed by atoms with Crippen LogP contribution in [0.25, 0.3) is 6.08 Å². The predicted octanol–water partition coefficient (Wildman–Crippen LogP) is 4.68. The number of benzene rings is 1. The van der Waals surface area contributed by atoms with Gasteiger partial charge in [0.1, 0.15) is 5.75 Å². The summed E-state index contributed by atoms with van der Waals surface area (Å²) in [6, 6.07) is 5.74. The minimum absolute atomic E-state index is 0.0237. The summed E-state index contributed by atoms with van der Waals surface area (Å²) in [5, 5.41) is 0.130. The fraction of sp³-hybridized carbons (Fsp3) is 0.471. The summed E-state index contributed by atoms with van der Waals surface area (Å²) in [7, 11) is -0.268. The molecule has 1 aromatic carbocycles. The molecule has 0 saturated carbocycles. The van der Waals surface area contributed by atoms with E-state index in [2.05, 4.69) is 33.9 Å². The van der Waals surface area contributed by atoms with Crippen molar-refractivity contribution in [3.05, 3.63) is 29.8 Å². The second-order valence-electron chi connectivity index (χ2n) is 6.72. The van der Waals surface area contributed by atoms with Gasteiger partial charge in [-0.15, -0.1) is 0 Å². The average molecular weight is 306 g/mol. The summed E-state index contributed by atoms with van der Waals surface area (Å²) < 4.78 is 11.7. The number of carbonyl (C=O) groups is 1. The second-order valence-corrected chi connectivity index (χ2v) is 11.4. The highest BCUT2D eigenvalue weighted by molar-refractivity contribution is 6.74. The molecule has 116 valence electrons. The molecular formula is C17H26O3Si. The molecule has 0 atom stereocenters. The molecule has 0 aromatic heterocycles. The first-order valence-electron chi connectivity index (χ1n) is 7.12. The first-order valence-corrected chi connectivity index (χ1v) is 10.0. The highest BCUT2D eigenvalue weighted by Crippen LogP contribution is 2.40. The Morgan fingerprint density at radius 3 is 2.29 bits per heavy atom. The topological polar surface area (TPSA) is 35.5 Å². The molecular weight excluding hydrogens is 280 g/mol. The van der Waals surface area contributed by atoms with E-state index >= 15 is 0 Å². The average Bonchev–Trinajstić information content (AvgIpc) is 2.35. The molecule has 0 aliphatic carbocycles. The maximum atomic E-state index is 11.0. The first kappa shape index (κ1) is 17.5. The van der Waals surface area contributed by atoms with Gasteiger partial charge in [-0.05, 0) is 48.8 Å². The number of methoxy groups -OCH3 is 1. The van der Waals surface area contributed by atoms with Crippen LogP contribution in [0.1, 0.15) is 33.3 Å². The van der Waals surface area contributed by atoms with Gasteiger partial charge in [-0.1, -0.05) is 32.9 Å². The monoisotopic (exact) mass is 306 g/mol. The van der Waals surface area contributed by atoms with Crippen LogP contribution in [0.15, 0.2) is 24.3 Å². The molecule has 0 aliphatic heterocycles. The highest BCUT2D eigenvalue weighted by atomic mass is 28.4. The first-order chi connectivity index (χ1) is 9.56. The number of hydrogen-bond donors (Lipinski definition) is 0. The van der Waals surface area contributed by atoms with Gasteiger partial charge in [0.25, 0.3) is 8.32 Å². The van der Waals surface area contributed by atoms with Gasteiger partial charge in [0.15, 0.2) is 11.5 Å². The Morgan fingerprint density at radius 2 is 1.81 bits per heavy atom. The van der Waals surface area contributed by atoms with Crippen LogP contribution < -0.4 is 9.16 Å². The van der Waals surface area contributed by atoms with Crippen molar-refractivity contribution >= 4 is 20.2 Å². The summed E-state index contributed by atoms with van der Waals surface area (Å²) in [6.07, 6.45) is 3.32. The molecule has 0 saturated heterocycles. The van der Waals surface area contributed by atoms with E-state index in [4.69, 9.17) is 9.16 Å². The van der Waals surface area contributed by atoms with Crippen molar-refractivity contribution in [3.8, 4) is 11.5 Å². The van der Waals surface area contributed by atoms with Gasteiger partial charge in [-0.2, -0.15) is 0 Å². The maximum absolute atomic E-state index is 11.0. The number of hydrogen-bond acceptors (Lipinski definition) is 3. The van der Waals surface area contributed by atoms with Gasteiger partial charge in [0.2, 0.25) is 0 Å². The SMILES string of the molecule is COc1cc(C=CC(C)=O)ccc1O[Si](C)(C)C(C)(C)C. The van der Waals surface area contributed by atoms with Crippen molar-refractivity contribution in [1.82, 2.24) is 0 Å². The van der Waals surface area contributed by atoms with Gasteiger partial charge >= 0.3 is 0 Å². The standard InChI is InChI=1S/C17H26O3Si/c1-13(18)8-9-14-10-11-15(16(12-14)19-5)20-21(6,7)17(2,3)4/h8-12H,1-7H3. The Labute approximate surface area is 129 Å². The number of carbonyl (C=O) groups excluding carboxylic acids is 1. The molecule has 1 aromatic rings. The lowest BCUT2D eigenvalue weighted by atomic mass is 10.2. The summed E-state index contributed by atoms with van der Waals surface area (Å²) >= 11 is 0. The summed E-state index contributed by atoms with van der Waals surface area (Å²) in [4.78, 5) is 11.0. The van der Waals surface area contributed by atoms with Crippen molar-refractivity contribution < 1.29 is 14.0 Å². The zero-order chi connectivity index (χ0) is 16.3. The summed E-state index contributed by atoms with van der Waals surface area (Å²) in [6.45, 7) is 12.6. The van der Waals surface area contributed by atoms with Gasteiger partial charge in [0, 0.05) is 0 Å². The zero-order valence-electron chi connectivity index (χ0n) is 14.1. The molecule has 1 rings (SSSR count). The Hall–Kier alpha value is -1.55. The van der Waals surface area contributed by atoms with E-state index in [9.17, 15) is 4.79 Å². The lowest BCUT2D eigenvalue weighted by molar-refractivity contribution is -0.112. The third kappa shape index (κ3) is 4.74. The van der Waals surface area contributed by atoms with E-state index in [1.54, 1.807) is 19.3 Å². The van der Waals surface area contributed by atoms with Crippen LogP contribution in [0.4, 0.5) is 0 Å². The smallest absolute Gasteiger partial charge is 0.250 e. The van der Waals surface area contributed by atoms with Crippen molar-refractivity contribution in [2.24, 2.45) is 0 Å². The van der Waals surface area contributed by atoms with Crippen LogP contribution in [0, 0.1) is 0 Å². The lowest BCUT2D eigenvalue weighted by Gasteiger charge is -2.36. The molecule has 0 aliphatic rings. The molecule has 0 unspecified atom stereocenters. The van der Waals surface area contributed by atoms with Gasteiger partial charge < -0.3 is 9.16 Å². The highest BCUT2D eigenvalue weighted by Gasteiger charge is 2.39. The van der Waals surface area contributed by atoms with Crippen molar-refractivity contribution in [1.29, 1.82) is 0 Å². The van der Waals surface area contributed by atoms with Gasteiger partial charge in [-0.3, -0.25) is 4.79 Å². The Morgan fingerprint density at radius 1 is 1.19 bits per heavy atom. The predicted molar refractivity (Wildman–Crippen MR) is 90.5 cm³/mol. The van der Waals surface area contributed by atoms with Crippen molar-refractivity contribution in [3.63, 3.8) is 0 Å². The second kappa shape index (κ2) is 6.48. The maximum Gasteiger partial charge on any atom is 0.250 e. The molecule has 3 nitrogen and oxygen atoms in total. The molecule has 0 radical (unpaired) electrons. The van der Waals surface area contributed by atoms with E-state index in [0.29, 0.717) is 5.75 Å². The fourth-order valence-electron chi connectivity index (χ4n) is 1.51. The number of rotatable bonds is 5. The fourth-order valence-corrected chi connectivity index (χ4v) is 2.54. The summed E-state index contributed by atoms with van der Waals surface area (Å²) in [5.41, 5.74) is 0.921. The molecule has 0 amide bonds. The molecule has 0 fully saturated rings. The van der Waals surface area contributed by atoms with Crippen LogP contribution in [0.2, 0.25) is 18.1 Å². The third-order valence-corrected chi connectivity index (χ3v) is 8.21. The zero-order valence-corrected chi connectivity index (χ0v) is 15.1. The van der Waals surface area contributed by atoms with E-state index < -0.39 is 8.32 Å². The van der Waals surface area contributed by atoms with Crippen LogP contribution in [-0.2, 0) is 4.79 Å². The lowest BCUT2D eigenvalue weighted by Crippen LogP contribution is -2.43. The Kier molecular flexibility index (Phi) is 5.40. The Bertz CT molecular complexity index is 539. The van der Waals surface area contributed by atoms with Crippen molar-refractivity contribution in [2.45, 2.75) is 45.8 Å². The van der Waals surface area contributed by atoms with E-state index in [1.807, 2.05) is 18.2 Å². The molecule has 0 heterocycles. The Balaban J connectivity index is 3.07. The van der Waals surface area contributed by atoms with E-state index in [0.717, 1.165) is 11.3 Å². The van der Waals surface area contributed by atoms with Gasteiger partial charge in [0.05, 0.1) is 7.11 Å². The molecule has 4 heteroatoms. The van der Waals surface area contributed by atoms with E-state index in [-0.39, 0.29) is 10.8 Å². The molecule has 0 bridgehead atoms. The number of allylic oxidation sites excluding steroid dienone is 1. The van der Waals surface area contributed by atoms with Crippen LogP contribution in [0.3, 0.4) is 0 Å². The summed E-state index contributed by atoms with van der Waals surface area (Å²) in [5.74, 6) is 1.49. The molecule has 0 N–H and O–H groups in total. The van der Waals surface area contributed by atoms with Gasteiger partial charge in [-0.25, -0.2) is 0 Å². The van der Waals surface area contributed by atoms with Crippen molar-refractivity contribution in [2.75, 3.05) is 7.11 Å². The normalized spacial score (nSPS) is 12.5. The van der Waals surface area contributed by atoms with Crippen LogP contribution in [0.5, 0.6) is 11.5 Å². The molecule has 0 spiro atoms. The largest absolute Gasteiger partial charge is 0.541 e.